The average molecular weight is 472 g/mol. The van der Waals surface area contributed by atoms with E-state index < -0.39 is 11.6 Å². The average Bonchev–Trinajstić information content (AvgIpc) is 3.18. The van der Waals surface area contributed by atoms with Crippen LogP contribution in [0.3, 0.4) is 0 Å². The van der Waals surface area contributed by atoms with Crippen molar-refractivity contribution < 1.29 is 19.1 Å². The molecule has 1 heterocycles. The summed E-state index contributed by atoms with van der Waals surface area (Å²) in [6, 6.07) is 2.51. The zero-order chi connectivity index (χ0) is 24.9. The minimum Gasteiger partial charge on any atom is -0.477 e. The lowest BCUT2D eigenvalue weighted by Gasteiger charge is -2.44. The van der Waals surface area contributed by atoms with Crippen molar-refractivity contribution in [3.05, 3.63) is 17.8 Å². The first kappa shape index (κ1) is 25.6. The molecule has 0 spiro atoms. The van der Waals surface area contributed by atoms with E-state index >= 15 is 0 Å². The van der Waals surface area contributed by atoms with Gasteiger partial charge in [-0.1, -0.05) is 20.3 Å². The quantitative estimate of drug-likeness (QED) is 0.592. The summed E-state index contributed by atoms with van der Waals surface area (Å²) in [5.41, 5.74) is -0.322. The van der Waals surface area contributed by atoms with Crippen LogP contribution >= 0.6 is 0 Å². The molecule has 2 atom stereocenters. The minimum atomic E-state index is -0.701. The third-order valence-electron chi connectivity index (χ3n) is 6.61. The SMILES string of the molecule is COC(=O)NC(C)(C)/C=C/n1ncc(C(=O)N[C@H]2C3CCCC2C[C@@H](C#N)C3)c1OCC(C)C. The fourth-order valence-electron chi connectivity index (χ4n) is 4.93. The number of hydrogen-bond donors (Lipinski definition) is 2. The second-order valence-corrected chi connectivity index (χ2v) is 10.4. The monoisotopic (exact) mass is 471 g/mol. The predicted octanol–water partition coefficient (Wildman–Crippen LogP) is 3.97. The lowest BCUT2D eigenvalue weighted by atomic mass is 9.65. The van der Waals surface area contributed by atoms with Crippen molar-refractivity contribution >= 4 is 18.2 Å². The Hall–Kier alpha value is -3.02. The largest absolute Gasteiger partial charge is 0.477 e. The van der Waals surface area contributed by atoms with Gasteiger partial charge in [-0.25, -0.2) is 9.48 Å². The number of nitrogens with zero attached hydrogens (tertiary/aromatic N) is 3. The molecule has 0 aromatic carbocycles. The summed E-state index contributed by atoms with van der Waals surface area (Å²) in [4.78, 5) is 25.0. The van der Waals surface area contributed by atoms with Crippen molar-refractivity contribution in [1.82, 2.24) is 20.4 Å². The Morgan fingerprint density at radius 3 is 2.59 bits per heavy atom. The van der Waals surface area contributed by atoms with Crippen LogP contribution in [0.25, 0.3) is 6.20 Å². The topological polar surface area (TPSA) is 118 Å². The van der Waals surface area contributed by atoms with Gasteiger partial charge in [-0.2, -0.15) is 10.4 Å². The first-order chi connectivity index (χ1) is 16.1. The highest BCUT2D eigenvalue weighted by Gasteiger charge is 2.41. The van der Waals surface area contributed by atoms with E-state index in [1.807, 2.05) is 27.7 Å². The highest BCUT2D eigenvalue weighted by atomic mass is 16.5. The van der Waals surface area contributed by atoms with Crippen molar-refractivity contribution in [3.63, 3.8) is 0 Å². The van der Waals surface area contributed by atoms with Crippen LogP contribution in [0.2, 0.25) is 0 Å². The lowest BCUT2D eigenvalue weighted by Crippen LogP contribution is -2.51. The number of alkyl carbamates (subject to hydrolysis) is 1. The fraction of sp³-hybridized carbons (Fsp3) is 0.680. The van der Waals surface area contributed by atoms with Crippen LogP contribution in [0.15, 0.2) is 12.3 Å². The Morgan fingerprint density at radius 1 is 1.32 bits per heavy atom. The highest BCUT2D eigenvalue weighted by Crippen LogP contribution is 2.42. The normalized spacial score (nSPS) is 24.5. The van der Waals surface area contributed by atoms with Crippen LogP contribution in [0.1, 0.15) is 70.2 Å². The molecule has 2 fully saturated rings. The summed E-state index contributed by atoms with van der Waals surface area (Å²) in [6.07, 6.45) is 9.35. The summed E-state index contributed by atoms with van der Waals surface area (Å²) in [6.45, 7) is 8.15. The van der Waals surface area contributed by atoms with E-state index in [1.54, 1.807) is 12.3 Å². The van der Waals surface area contributed by atoms with E-state index in [1.165, 1.54) is 18.0 Å². The van der Waals surface area contributed by atoms with Crippen LogP contribution in [-0.2, 0) is 4.74 Å². The molecular formula is C25H37N5O4. The summed E-state index contributed by atoms with van der Waals surface area (Å²) in [7, 11) is 1.31. The number of hydrogen-bond acceptors (Lipinski definition) is 6. The third-order valence-corrected chi connectivity index (χ3v) is 6.61. The molecule has 9 heteroatoms. The van der Waals surface area contributed by atoms with Gasteiger partial charge in [0.2, 0.25) is 5.88 Å². The van der Waals surface area contributed by atoms with Gasteiger partial charge < -0.3 is 20.1 Å². The van der Waals surface area contributed by atoms with Gasteiger partial charge in [-0.15, -0.1) is 0 Å². The van der Waals surface area contributed by atoms with Crippen molar-refractivity contribution in [2.24, 2.45) is 23.7 Å². The molecule has 2 amide bonds. The number of fused-ring (bicyclic) bond motifs is 2. The Kier molecular flexibility index (Phi) is 8.24. The molecule has 3 rings (SSSR count). The Morgan fingerprint density at radius 2 is 2.00 bits per heavy atom. The molecule has 0 radical (unpaired) electrons. The number of amides is 2. The Labute approximate surface area is 201 Å². The maximum absolute atomic E-state index is 13.4. The summed E-state index contributed by atoms with van der Waals surface area (Å²) in [5.74, 6) is 1.18. The van der Waals surface area contributed by atoms with E-state index in [2.05, 4.69) is 26.5 Å². The van der Waals surface area contributed by atoms with E-state index in [0.717, 1.165) is 32.1 Å². The van der Waals surface area contributed by atoms with Gasteiger partial charge in [-0.3, -0.25) is 4.79 Å². The molecule has 2 unspecified atom stereocenters. The molecule has 2 bridgehead atoms. The van der Waals surface area contributed by atoms with E-state index in [-0.39, 0.29) is 23.8 Å². The van der Waals surface area contributed by atoms with Crippen molar-refractivity contribution in [1.29, 1.82) is 5.26 Å². The Balaban J connectivity index is 1.80. The molecule has 186 valence electrons. The molecule has 1 aromatic heterocycles. The van der Waals surface area contributed by atoms with Gasteiger partial charge in [0.25, 0.3) is 5.91 Å². The smallest absolute Gasteiger partial charge is 0.407 e. The van der Waals surface area contributed by atoms with Crippen molar-refractivity contribution in [2.45, 2.75) is 71.4 Å². The number of ether oxygens (including phenoxy) is 2. The van der Waals surface area contributed by atoms with E-state index in [9.17, 15) is 14.9 Å². The van der Waals surface area contributed by atoms with Gasteiger partial charge in [0, 0.05) is 18.2 Å². The number of carbonyl (C=O) groups excluding carboxylic acids is 2. The zero-order valence-electron chi connectivity index (χ0n) is 20.8. The molecule has 2 aliphatic carbocycles. The number of nitriles is 1. The van der Waals surface area contributed by atoms with Crippen LogP contribution in [0.5, 0.6) is 5.88 Å². The molecule has 0 aliphatic heterocycles. The lowest BCUT2D eigenvalue weighted by molar-refractivity contribution is 0.0727. The number of aromatic nitrogens is 2. The molecule has 9 nitrogen and oxygen atoms in total. The summed E-state index contributed by atoms with van der Waals surface area (Å²) < 4.78 is 12.2. The number of nitrogens with one attached hydrogen (secondary N) is 2. The molecule has 1 aromatic rings. The zero-order valence-corrected chi connectivity index (χ0v) is 20.8. The molecule has 34 heavy (non-hydrogen) atoms. The van der Waals surface area contributed by atoms with Crippen molar-refractivity contribution in [2.75, 3.05) is 13.7 Å². The number of carbonyl (C=O) groups is 2. The summed E-state index contributed by atoms with van der Waals surface area (Å²) >= 11 is 0. The second kappa shape index (κ2) is 10.9. The first-order valence-corrected chi connectivity index (χ1v) is 12.1. The minimum absolute atomic E-state index is 0.0749. The molecular weight excluding hydrogens is 434 g/mol. The van der Waals surface area contributed by atoms with Crippen molar-refractivity contribution in [3.8, 4) is 11.9 Å². The number of rotatable bonds is 8. The van der Waals surface area contributed by atoms with Gasteiger partial charge in [0.15, 0.2) is 0 Å². The van der Waals surface area contributed by atoms with Crippen LogP contribution < -0.4 is 15.4 Å². The number of methoxy groups -OCH3 is 1. The molecule has 0 saturated heterocycles. The van der Waals surface area contributed by atoms with Crippen LogP contribution in [0.4, 0.5) is 4.79 Å². The predicted molar refractivity (Wildman–Crippen MR) is 128 cm³/mol. The Bertz CT molecular complexity index is 932. The van der Waals surface area contributed by atoms with E-state index in [0.29, 0.717) is 29.9 Å². The highest BCUT2D eigenvalue weighted by molar-refractivity contribution is 5.96. The summed E-state index contributed by atoms with van der Waals surface area (Å²) in [5, 5.41) is 19.7. The fourth-order valence-corrected chi connectivity index (χ4v) is 4.93. The maximum Gasteiger partial charge on any atom is 0.407 e. The maximum atomic E-state index is 13.4. The molecule has 2 saturated carbocycles. The molecule has 2 N–H and O–H groups in total. The van der Waals surface area contributed by atoms with Gasteiger partial charge >= 0.3 is 6.09 Å². The molecule has 2 aliphatic rings. The standard InChI is InChI=1S/C25H37N5O4/c1-16(2)15-34-23-20(14-27-30(23)10-9-25(3,4)29-24(32)33-5)22(31)28-21-18-7-6-8-19(21)12-17(11-18)13-26/h9-10,14,16-19,21H,6-8,11-12,15H2,1-5H3,(H,28,31)(H,29,32)/b10-9+/t17-,18?,19?,21-. The van der Waals surface area contributed by atoms with E-state index in [4.69, 9.17) is 4.74 Å². The van der Waals surface area contributed by atoms with Gasteiger partial charge in [-0.05, 0) is 63.4 Å². The third kappa shape index (κ3) is 6.31. The van der Waals surface area contributed by atoms with Crippen LogP contribution in [0, 0.1) is 35.0 Å². The second-order valence-electron chi connectivity index (χ2n) is 10.4. The van der Waals surface area contributed by atoms with Crippen LogP contribution in [-0.4, -0.2) is 47.1 Å². The van der Waals surface area contributed by atoms with Gasteiger partial charge in [0.1, 0.15) is 5.56 Å². The first-order valence-electron chi connectivity index (χ1n) is 12.1. The van der Waals surface area contributed by atoms with Gasteiger partial charge in [0.05, 0.1) is 31.5 Å².